The first kappa shape index (κ1) is 17.4. The van der Waals surface area contributed by atoms with Gasteiger partial charge in [-0.2, -0.15) is 5.10 Å². The minimum Gasteiger partial charge on any atom is -0.352 e. The van der Waals surface area contributed by atoms with Gasteiger partial charge in [0, 0.05) is 43.2 Å². The number of amides is 1. The molecule has 3 rings (SSSR count). The van der Waals surface area contributed by atoms with Gasteiger partial charge in [0.2, 0.25) is 0 Å². The van der Waals surface area contributed by atoms with E-state index in [0.29, 0.717) is 5.92 Å². The van der Waals surface area contributed by atoms with E-state index >= 15 is 0 Å². The SMILES string of the molecule is C=Cn1cc(CN2CC[C@@H](CNC(=O)c3cccc(C)c3C)C2)cn1. The Morgan fingerprint density at radius 2 is 2.28 bits per heavy atom. The van der Waals surface area contributed by atoms with Gasteiger partial charge in [-0.05, 0) is 49.9 Å². The zero-order valence-corrected chi connectivity index (χ0v) is 15.0. The van der Waals surface area contributed by atoms with E-state index in [1.54, 1.807) is 10.9 Å². The Kier molecular flexibility index (Phi) is 5.34. The van der Waals surface area contributed by atoms with Crippen LogP contribution in [0, 0.1) is 19.8 Å². The molecule has 1 fully saturated rings. The Hall–Kier alpha value is -2.40. The number of hydrogen-bond donors (Lipinski definition) is 1. The van der Waals surface area contributed by atoms with Crippen molar-refractivity contribution >= 4 is 12.1 Å². The summed E-state index contributed by atoms with van der Waals surface area (Å²) in [5.74, 6) is 0.537. The van der Waals surface area contributed by atoms with Gasteiger partial charge in [-0.25, -0.2) is 4.68 Å². The van der Waals surface area contributed by atoms with Crippen LogP contribution in [0.5, 0.6) is 0 Å². The molecule has 1 aliphatic heterocycles. The maximum atomic E-state index is 12.4. The van der Waals surface area contributed by atoms with Gasteiger partial charge in [-0.15, -0.1) is 0 Å². The highest BCUT2D eigenvalue weighted by molar-refractivity contribution is 5.95. The Labute approximate surface area is 149 Å². The van der Waals surface area contributed by atoms with Gasteiger partial charge in [-0.3, -0.25) is 9.69 Å². The van der Waals surface area contributed by atoms with Crippen molar-refractivity contribution < 1.29 is 4.79 Å². The van der Waals surface area contributed by atoms with E-state index < -0.39 is 0 Å². The molecule has 5 nitrogen and oxygen atoms in total. The Morgan fingerprint density at radius 1 is 1.44 bits per heavy atom. The lowest BCUT2D eigenvalue weighted by Crippen LogP contribution is -2.31. The molecule has 1 aliphatic rings. The van der Waals surface area contributed by atoms with E-state index in [-0.39, 0.29) is 5.91 Å². The monoisotopic (exact) mass is 338 g/mol. The van der Waals surface area contributed by atoms with Crippen LogP contribution in [0.4, 0.5) is 0 Å². The summed E-state index contributed by atoms with van der Waals surface area (Å²) in [6.45, 7) is 11.4. The van der Waals surface area contributed by atoms with Gasteiger partial charge in [0.1, 0.15) is 0 Å². The molecule has 2 heterocycles. The zero-order valence-electron chi connectivity index (χ0n) is 15.0. The number of carbonyl (C=O) groups excluding carboxylic acids is 1. The molecule has 1 amide bonds. The average Bonchev–Trinajstić information content (AvgIpc) is 3.25. The van der Waals surface area contributed by atoms with E-state index in [9.17, 15) is 4.79 Å². The van der Waals surface area contributed by atoms with E-state index in [1.165, 1.54) is 5.56 Å². The van der Waals surface area contributed by atoms with Gasteiger partial charge in [0.05, 0.1) is 6.20 Å². The van der Waals surface area contributed by atoms with Crippen LogP contribution >= 0.6 is 0 Å². The highest BCUT2D eigenvalue weighted by Crippen LogP contribution is 2.18. The van der Waals surface area contributed by atoms with Crippen molar-refractivity contribution in [3.8, 4) is 0 Å². The lowest BCUT2D eigenvalue weighted by Gasteiger charge is -2.16. The maximum absolute atomic E-state index is 12.4. The molecule has 1 aromatic heterocycles. The molecule has 132 valence electrons. The Bertz CT molecular complexity index is 765. The predicted molar refractivity (Wildman–Crippen MR) is 100 cm³/mol. The second kappa shape index (κ2) is 7.66. The van der Waals surface area contributed by atoms with Crippen molar-refractivity contribution in [1.29, 1.82) is 0 Å². The van der Waals surface area contributed by atoms with Crippen LogP contribution in [0.1, 0.15) is 33.5 Å². The fourth-order valence-corrected chi connectivity index (χ4v) is 3.37. The van der Waals surface area contributed by atoms with Gasteiger partial charge in [-0.1, -0.05) is 18.7 Å². The summed E-state index contributed by atoms with van der Waals surface area (Å²) >= 11 is 0. The highest BCUT2D eigenvalue weighted by atomic mass is 16.1. The largest absolute Gasteiger partial charge is 0.352 e. The summed E-state index contributed by atoms with van der Waals surface area (Å²) in [7, 11) is 0. The minimum atomic E-state index is 0.0342. The number of hydrogen-bond acceptors (Lipinski definition) is 3. The molecule has 1 atom stereocenters. The van der Waals surface area contributed by atoms with Gasteiger partial charge in [0.15, 0.2) is 0 Å². The Morgan fingerprint density at radius 3 is 3.04 bits per heavy atom. The molecular weight excluding hydrogens is 312 g/mol. The number of benzene rings is 1. The van der Waals surface area contributed by atoms with Gasteiger partial charge in [0.25, 0.3) is 5.91 Å². The molecule has 0 radical (unpaired) electrons. The highest BCUT2D eigenvalue weighted by Gasteiger charge is 2.23. The quantitative estimate of drug-likeness (QED) is 0.881. The van der Waals surface area contributed by atoms with Crippen LogP contribution in [0.25, 0.3) is 6.20 Å². The number of aryl methyl sites for hydroxylation is 1. The second-order valence-electron chi connectivity index (χ2n) is 6.86. The van der Waals surface area contributed by atoms with E-state index in [2.05, 4.69) is 21.9 Å². The van der Waals surface area contributed by atoms with Crippen molar-refractivity contribution in [2.75, 3.05) is 19.6 Å². The number of rotatable bonds is 6. The smallest absolute Gasteiger partial charge is 0.251 e. The van der Waals surface area contributed by atoms with E-state index in [1.807, 2.05) is 44.4 Å². The fraction of sp³-hybridized carbons (Fsp3) is 0.400. The molecule has 0 bridgehead atoms. The summed E-state index contributed by atoms with van der Waals surface area (Å²) in [6.07, 6.45) is 6.70. The van der Waals surface area contributed by atoms with Crippen molar-refractivity contribution in [2.45, 2.75) is 26.8 Å². The average molecular weight is 338 g/mol. The third-order valence-corrected chi connectivity index (χ3v) is 5.02. The summed E-state index contributed by atoms with van der Waals surface area (Å²) in [4.78, 5) is 14.9. The van der Waals surface area contributed by atoms with Crippen LogP contribution in [0.3, 0.4) is 0 Å². The summed E-state index contributed by atoms with van der Waals surface area (Å²) in [5, 5.41) is 7.33. The topological polar surface area (TPSA) is 50.2 Å². The van der Waals surface area contributed by atoms with Crippen LogP contribution < -0.4 is 5.32 Å². The standard InChI is InChI=1S/C20H26N4O/c1-4-24-14-18(11-22-24)13-23-9-8-17(12-23)10-21-20(25)19-7-5-6-15(2)16(19)3/h4-7,11,14,17H,1,8-10,12-13H2,2-3H3,(H,21,25)/t17-/m0/s1. The number of carbonyl (C=O) groups is 1. The number of likely N-dealkylation sites (tertiary alicyclic amines) is 1. The van der Waals surface area contributed by atoms with E-state index in [0.717, 1.165) is 49.3 Å². The molecular formula is C20H26N4O. The molecule has 0 saturated carbocycles. The predicted octanol–water partition coefficient (Wildman–Crippen LogP) is 2.85. The van der Waals surface area contributed by atoms with E-state index in [4.69, 9.17) is 0 Å². The van der Waals surface area contributed by atoms with Crippen LogP contribution in [-0.4, -0.2) is 40.2 Å². The molecule has 5 heteroatoms. The Balaban J connectivity index is 1.49. The third kappa shape index (κ3) is 4.17. The first-order chi connectivity index (χ1) is 12.1. The van der Waals surface area contributed by atoms with Crippen molar-refractivity contribution in [3.05, 3.63) is 59.4 Å². The third-order valence-electron chi connectivity index (χ3n) is 5.02. The normalized spacial score (nSPS) is 17.6. The maximum Gasteiger partial charge on any atom is 0.251 e. The molecule has 25 heavy (non-hydrogen) atoms. The first-order valence-electron chi connectivity index (χ1n) is 8.79. The fourth-order valence-electron chi connectivity index (χ4n) is 3.37. The second-order valence-corrected chi connectivity index (χ2v) is 6.86. The lowest BCUT2D eigenvalue weighted by molar-refractivity contribution is 0.0946. The molecule has 1 aromatic carbocycles. The minimum absolute atomic E-state index is 0.0342. The lowest BCUT2D eigenvalue weighted by atomic mass is 10.0. The zero-order chi connectivity index (χ0) is 17.8. The molecule has 0 aliphatic carbocycles. The number of nitrogens with one attached hydrogen (secondary N) is 1. The number of nitrogens with zero attached hydrogens (tertiary/aromatic N) is 3. The van der Waals surface area contributed by atoms with Crippen LogP contribution in [0.15, 0.2) is 37.2 Å². The molecule has 0 unspecified atom stereocenters. The first-order valence-corrected chi connectivity index (χ1v) is 8.79. The molecule has 1 saturated heterocycles. The van der Waals surface area contributed by atoms with Crippen LogP contribution in [0.2, 0.25) is 0 Å². The van der Waals surface area contributed by atoms with Gasteiger partial charge < -0.3 is 5.32 Å². The summed E-state index contributed by atoms with van der Waals surface area (Å²) < 4.78 is 1.73. The molecule has 1 N–H and O–H groups in total. The van der Waals surface area contributed by atoms with Gasteiger partial charge >= 0.3 is 0 Å². The molecule has 2 aromatic rings. The number of aromatic nitrogens is 2. The van der Waals surface area contributed by atoms with Crippen LogP contribution in [-0.2, 0) is 6.54 Å². The molecule has 0 spiro atoms. The summed E-state index contributed by atoms with van der Waals surface area (Å²) in [6, 6.07) is 5.88. The summed E-state index contributed by atoms with van der Waals surface area (Å²) in [5.41, 5.74) is 4.19. The van der Waals surface area contributed by atoms with Crippen molar-refractivity contribution in [2.24, 2.45) is 5.92 Å². The van der Waals surface area contributed by atoms with Crippen molar-refractivity contribution in [1.82, 2.24) is 20.0 Å². The van der Waals surface area contributed by atoms with Crippen molar-refractivity contribution in [3.63, 3.8) is 0 Å².